The lowest BCUT2D eigenvalue weighted by Gasteiger charge is -2.14. The van der Waals surface area contributed by atoms with Crippen molar-refractivity contribution in [1.29, 1.82) is 0 Å². The number of unbranched alkanes of at least 4 members (excludes halogenated alkanes) is 14. The van der Waals surface area contributed by atoms with Crippen molar-refractivity contribution in [2.24, 2.45) is 0 Å². The highest BCUT2D eigenvalue weighted by Gasteiger charge is 2.15. The van der Waals surface area contributed by atoms with Gasteiger partial charge in [-0.25, -0.2) is 0 Å². The monoisotopic (exact) mass is 1200 g/mol. The van der Waals surface area contributed by atoms with Crippen LogP contribution in [0.15, 0.2) is 122 Å². The molecular formula is C77H87N3O7S. The number of hydrogen-bond donors (Lipinski definition) is 0. The third kappa shape index (κ3) is 23.7. The summed E-state index contributed by atoms with van der Waals surface area (Å²) in [5.41, 5.74) is 8.41. The first-order valence-electron chi connectivity index (χ1n) is 32.1. The smallest absolute Gasteiger partial charge is 0.305 e. The summed E-state index contributed by atoms with van der Waals surface area (Å²) in [6, 6.07) is 35.9. The van der Waals surface area contributed by atoms with Gasteiger partial charge in [0.05, 0.1) is 61.9 Å². The predicted octanol–water partition coefficient (Wildman–Crippen LogP) is 18.2. The molecule has 0 radical (unpaired) electrons. The van der Waals surface area contributed by atoms with Crippen LogP contribution < -0.4 is 23.7 Å². The van der Waals surface area contributed by atoms with Crippen LogP contribution in [-0.2, 0) is 9.53 Å². The molecule has 458 valence electrons. The van der Waals surface area contributed by atoms with E-state index >= 15 is 0 Å². The van der Waals surface area contributed by atoms with Gasteiger partial charge in [0.25, 0.3) is 0 Å². The van der Waals surface area contributed by atoms with Crippen molar-refractivity contribution < 1.29 is 33.2 Å². The topological polar surface area (TPSA) is 111 Å². The number of ether oxygens (including phenoxy) is 6. The van der Waals surface area contributed by atoms with E-state index in [0.717, 1.165) is 181 Å². The lowest BCUT2D eigenvalue weighted by Crippen LogP contribution is -2.04. The number of nitrogens with zero attached hydrogens (tertiary/aromatic N) is 3. The van der Waals surface area contributed by atoms with Crippen LogP contribution in [0.1, 0.15) is 208 Å². The Bertz CT molecular complexity index is 3480. The van der Waals surface area contributed by atoms with E-state index in [1.54, 1.807) is 23.7 Å². The van der Waals surface area contributed by atoms with Gasteiger partial charge in [-0.3, -0.25) is 9.78 Å². The van der Waals surface area contributed by atoms with Crippen molar-refractivity contribution in [3.8, 4) is 97.3 Å². The summed E-state index contributed by atoms with van der Waals surface area (Å²) in [5.74, 6) is 30.5. The molecule has 0 aliphatic rings. The quantitative estimate of drug-likeness (QED) is 0.0220. The summed E-state index contributed by atoms with van der Waals surface area (Å²) in [4.78, 5) is 15.8. The zero-order chi connectivity index (χ0) is 61.6. The lowest BCUT2D eigenvalue weighted by atomic mass is 10.1. The first-order valence-corrected chi connectivity index (χ1v) is 33.0. The summed E-state index contributed by atoms with van der Waals surface area (Å²) in [6.45, 7) is 14.0. The van der Waals surface area contributed by atoms with Crippen molar-refractivity contribution >= 4 is 17.3 Å². The van der Waals surface area contributed by atoms with Crippen molar-refractivity contribution in [2.75, 3.05) is 39.6 Å². The first-order chi connectivity index (χ1) is 43.4. The molecule has 2 aromatic heterocycles. The number of carbonyl (C=O) groups is 1. The SMILES string of the molecule is CCCCCCOc1cc(C#Cc2ccc(-c3nnc(-c4ccc(C#Cc5cc(OCCCCCC)c(C#Cc6ccc(OCCCCCC(=O)OCC)cc6)cc5OCCCCCC)cc4)s3)cc2)c(OCCCCCC)cc1C#Cc1ccncc1. The zero-order valence-electron chi connectivity index (χ0n) is 52.5. The number of esters is 1. The standard InChI is InChI=1S/C77H87N3O7S/c1-6-11-15-21-52-84-71-58-68(43-33-62-35-45-70(46-36-62)83-51-25-19-20-26-75(81)82-10-5)72(85-53-22-16-12-7-2)56-66(71)41-31-60-27-37-64(38-28-60)76-79-80-77(88-76)65-39-29-61(30-40-65)32-42-67-57-74(87-55-24-18-14-9-4)69(44-34-63-47-49-78-50-48-63)59-73(67)86-54-23-17-13-8-3/h27-30,35-40,45-50,56-59H,6-26,51-55H2,1-5H3. The normalized spacial score (nSPS) is 10.5. The molecule has 7 rings (SSSR count). The Hall–Kier alpha value is -8.48. The van der Waals surface area contributed by atoms with Gasteiger partial charge in [0.15, 0.2) is 0 Å². The Labute approximate surface area is 528 Å². The van der Waals surface area contributed by atoms with E-state index in [1.807, 2.05) is 116 Å². The van der Waals surface area contributed by atoms with E-state index in [-0.39, 0.29) is 5.97 Å². The van der Waals surface area contributed by atoms with Crippen LogP contribution in [0.5, 0.6) is 28.7 Å². The van der Waals surface area contributed by atoms with Crippen LogP contribution in [0.2, 0.25) is 0 Å². The zero-order valence-corrected chi connectivity index (χ0v) is 53.4. The van der Waals surface area contributed by atoms with Gasteiger partial charge < -0.3 is 28.4 Å². The van der Waals surface area contributed by atoms with E-state index in [1.165, 1.54) is 12.8 Å². The summed E-state index contributed by atoms with van der Waals surface area (Å²) >= 11 is 1.54. The van der Waals surface area contributed by atoms with Crippen LogP contribution in [-0.4, -0.2) is 60.8 Å². The van der Waals surface area contributed by atoms with E-state index < -0.39 is 0 Å². The molecule has 5 aromatic carbocycles. The van der Waals surface area contributed by atoms with Gasteiger partial charge in [-0.15, -0.1) is 10.2 Å². The molecular weight excluding hydrogens is 1110 g/mol. The molecule has 0 aliphatic carbocycles. The molecule has 0 aliphatic heterocycles. The number of carbonyl (C=O) groups excluding carboxylic acids is 1. The lowest BCUT2D eigenvalue weighted by molar-refractivity contribution is -0.143. The highest BCUT2D eigenvalue weighted by molar-refractivity contribution is 7.17. The molecule has 0 saturated carbocycles. The van der Waals surface area contributed by atoms with Crippen LogP contribution in [0.25, 0.3) is 21.1 Å². The fraction of sp³-hybridized carbons (Fsp3) is 0.403. The molecule has 0 atom stereocenters. The minimum Gasteiger partial charge on any atom is -0.494 e. The second-order valence-electron chi connectivity index (χ2n) is 21.6. The second kappa shape index (κ2) is 39.3. The number of hydrogen-bond acceptors (Lipinski definition) is 11. The van der Waals surface area contributed by atoms with E-state index in [2.05, 4.69) is 90.2 Å². The number of pyridine rings is 1. The van der Waals surface area contributed by atoms with Gasteiger partial charge in [0.1, 0.15) is 38.8 Å². The van der Waals surface area contributed by atoms with E-state index in [0.29, 0.717) is 69.1 Å². The average Bonchev–Trinajstić information content (AvgIpc) is 3.36. The third-order valence-corrected chi connectivity index (χ3v) is 15.4. The van der Waals surface area contributed by atoms with Crippen LogP contribution in [0, 0.1) is 47.4 Å². The molecule has 0 fully saturated rings. The Morgan fingerprint density at radius 2 is 0.705 bits per heavy atom. The Morgan fingerprint density at radius 3 is 1.06 bits per heavy atom. The molecule has 88 heavy (non-hydrogen) atoms. The highest BCUT2D eigenvalue weighted by Crippen LogP contribution is 2.33. The largest absolute Gasteiger partial charge is 0.494 e. The maximum atomic E-state index is 11.6. The van der Waals surface area contributed by atoms with Crippen molar-refractivity contribution in [1.82, 2.24) is 15.2 Å². The number of benzene rings is 5. The van der Waals surface area contributed by atoms with Gasteiger partial charge in [-0.05, 0) is 113 Å². The maximum Gasteiger partial charge on any atom is 0.305 e. The third-order valence-electron chi connectivity index (χ3n) is 14.4. The summed E-state index contributed by atoms with van der Waals surface area (Å²) in [5, 5.41) is 10.8. The van der Waals surface area contributed by atoms with Crippen molar-refractivity contribution in [3.05, 3.63) is 166 Å². The summed E-state index contributed by atoms with van der Waals surface area (Å²) < 4.78 is 36.9. The van der Waals surface area contributed by atoms with Gasteiger partial charge in [-0.2, -0.15) is 0 Å². The molecule has 0 amide bonds. The van der Waals surface area contributed by atoms with E-state index in [4.69, 9.17) is 28.4 Å². The summed E-state index contributed by atoms with van der Waals surface area (Å²) in [6.07, 6.45) is 24.0. The maximum absolute atomic E-state index is 11.6. The van der Waals surface area contributed by atoms with Gasteiger partial charge in [0, 0.05) is 76.5 Å². The Morgan fingerprint density at radius 1 is 0.375 bits per heavy atom. The number of rotatable bonds is 34. The van der Waals surface area contributed by atoms with E-state index in [9.17, 15) is 4.79 Å². The molecule has 7 aromatic rings. The number of aromatic nitrogens is 3. The van der Waals surface area contributed by atoms with Crippen LogP contribution >= 0.6 is 11.3 Å². The molecule has 0 unspecified atom stereocenters. The van der Waals surface area contributed by atoms with Gasteiger partial charge >= 0.3 is 5.97 Å². The molecule has 0 spiro atoms. The predicted molar refractivity (Wildman–Crippen MR) is 357 cm³/mol. The molecule has 0 N–H and O–H groups in total. The fourth-order valence-corrected chi connectivity index (χ4v) is 10.1. The first kappa shape index (κ1) is 67.0. The van der Waals surface area contributed by atoms with Crippen molar-refractivity contribution in [2.45, 2.75) is 163 Å². The van der Waals surface area contributed by atoms with Crippen LogP contribution in [0.4, 0.5) is 0 Å². The minimum atomic E-state index is -0.143. The fourth-order valence-electron chi connectivity index (χ4n) is 9.28. The molecule has 0 saturated heterocycles. The van der Waals surface area contributed by atoms with Gasteiger partial charge in [-0.1, -0.05) is 188 Å². The Balaban J connectivity index is 1.06. The second-order valence-corrected chi connectivity index (χ2v) is 22.6. The minimum absolute atomic E-state index is 0.143. The molecule has 10 nitrogen and oxygen atoms in total. The van der Waals surface area contributed by atoms with Crippen molar-refractivity contribution in [3.63, 3.8) is 0 Å². The van der Waals surface area contributed by atoms with Crippen LogP contribution in [0.3, 0.4) is 0 Å². The molecule has 0 bridgehead atoms. The highest BCUT2D eigenvalue weighted by atomic mass is 32.1. The Kier molecular flexibility index (Phi) is 30.0. The molecule has 11 heteroatoms. The summed E-state index contributed by atoms with van der Waals surface area (Å²) in [7, 11) is 0. The average molecular weight is 1200 g/mol. The van der Waals surface area contributed by atoms with Gasteiger partial charge in [0.2, 0.25) is 0 Å². The molecule has 2 heterocycles.